The molecule has 0 radical (unpaired) electrons. The Kier molecular flexibility index (Phi) is 4.47. The Hall–Kier alpha value is -2.11. The highest BCUT2D eigenvalue weighted by molar-refractivity contribution is 7.86. The molecule has 1 aliphatic carbocycles. The van der Waals surface area contributed by atoms with Crippen LogP contribution in [0.3, 0.4) is 0 Å². The van der Waals surface area contributed by atoms with Crippen LogP contribution in [0.1, 0.15) is 37.0 Å². The second kappa shape index (κ2) is 6.42. The predicted octanol–water partition coefficient (Wildman–Crippen LogP) is 4.29. The van der Waals surface area contributed by atoms with E-state index in [9.17, 15) is 13.0 Å². The average Bonchev–Trinajstić information content (AvgIpc) is 2.91. The van der Waals surface area contributed by atoms with E-state index in [1.165, 1.54) is 5.56 Å². The highest BCUT2D eigenvalue weighted by Crippen LogP contribution is 2.43. The zero-order valence-electron chi connectivity index (χ0n) is 13.7. The van der Waals surface area contributed by atoms with E-state index < -0.39 is 15.6 Å². The van der Waals surface area contributed by atoms with Gasteiger partial charge in [0.2, 0.25) is 5.44 Å². The normalized spacial score (nSPS) is 14.5. The van der Waals surface area contributed by atoms with Gasteiger partial charge in [-0.2, -0.15) is 8.42 Å². The molecule has 3 rings (SSSR count). The van der Waals surface area contributed by atoms with Crippen molar-refractivity contribution in [2.45, 2.75) is 32.1 Å². The highest BCUT2D eigenvalue weighted by atomic mass is 32.2. The molecule has 4 nitrogen and oxygen atoms in total. The summed E-state index contributed by atoms with van der Waals surface area (Å²) >= 11 is 0. The summed E-state index contributed by atoms with van der Waals surface area (Å²) in [7, 11) is -4.28. The fourth-order valence-electron chi connectivity index (χ4n) is 3.14. The maximum Gasteiger partial charge on any atom is 0.303 e. The van der Waals surface area contributed by atoms with E-state index in [0.717, 1.165) is 22.3 Å². The zero-order valence-corrected chi connectivity index (χ0v) is 14.5. The summed E-state index contributed by atoms with van der Waals surface area (Å²) in [6, 6.07) is 12.1. The molecule has 2 aromatic carbocycles. The number of ether oxygens (including phenoxy) is 1. The van der Waals surface area contributed by atoms with Crippen molar-refractivity contribution in [3.8, 4) is 16.9 Å². The summed E-state index contributed by atoms with van der Waals surface area (Å²) in [6.07, 6.45) is 4.62. The van der Waals surface area contributed by atoms with Crippen molar-refractivity contribution < 1.29 is 17.7 Å². The molecule has 5 heteroatoms. The molecule has 0 spiro atoms. The summed E-state index contributed by atoms with van der Waals surface area (Å²) in [5, 5.41) is 0. The molecule has 0 fully saturated rings. The average molecular weight is 344 g/mol. The van der Waals surface area contributed by atoms with Gasteiger partial charge in [-0.3, -0.25) is 4.55 Å². The van der Waals surface area contributed by atoms with Gasteiger partial charge >= 0.3 is 10.1 Å². The first-order valence-corrected chi connectivity index (χ1v) is 9.45. The molecule has 1 atom stereocenters. The zero-order chi connectivity index (χ0) is 17.3. The number of hydrogen-bond donors (Lipinski definition) is 1. The maximum absolute atomic E-state index is 11.6. The van der Waals surface area contributed by atoms with Gasteiger partial charge in [0.25, 0.3) is 0 Å². The third-order valence-electron chi connectivity index (χ3n) is 4.23. The first-order valence-electron chi connectivity index (χ1n) is 7.95. The quantitative estimate of drug-likeness (QED) is 0.701. The Labute approximate surface area is 142 Å². The monoisotopic (exact) mass is 344 g/mol. The van der Waals surface area contributed by atoms with Crippen LogP contribution in [-0.4, -0.2) is 18.4 Å². The first-order chi connectivity index (χ1) is 11.5. The van der Waals surface area contributed by atoms with E-state index in [1.807, 2.05) is 43.3 Å². The molecule has 1 aliphatic rings. The summed E-state index contributed by atoms with van der Waals surface area (Å²) in [6.45, 7) is 3.57. The fraction of sp³-hybridized carbons (Fsp3) is 0.263. The van der Waals surface area contributed by atoms with Gasteiger partial charge in [0.15, 0.2) is 0 Å². The number of benzene rings is 2. The molecule has 0 saturated carbocycles. The SMILES string of the molecule is CC=Cc1ccc2c(c1OC(CC)S(=O)(=O)O)Cc1ccccc1-2. The Morgan fingerprint density at radius 1 is 1.21 bits per heavy atom. The van der Waals surface area contributed by atoms with Gasteiger partial charge in [-0.15, -0.1) is 0 Å². The van der Waals surface area contributed by atoms with Crippen molar-refractivity contribution in [1.82, 2.24) is 0 Å². The lowest BCUT2D eigenvalue weighted by Crippen LogP contribution is -2.26. The van der Waals surface area contributed by atoms with Crippen molar-refractivity contribution in [1.29, 1.82) is 0 Å². The smallest absolute Gasteiger partial charge is 0.303 e. The van der Waals surface area contributed by atoms with Crippen LogP contribution in [0.4, 0.5) is 0 Å². The standard InChI is InChI=1S/C19H20O4S/c1-3-7-13-10-11-16-15-9-6-5-8-14(15)12-17(16)19(13)23-18(4-2)24(20,21)22/h3,5-11,18H,4,12H2,1-2H3,(H,20,21,22). The van der Waals surface area contributed by atoms with Crippen LogP contribution in [0.2, 0.25) is 0 Å². The molecule has 126 valence electrons. The van der Waals surface area contributed by atoms with Gasteiger partial charge in [0, 0.05) is 17.5 Å². The van der Waals surface area contributed by atoms with Gasteiger partial charge < -0.3 is 4.74 Å². The van der Waals surface area contributed by atoms with Gasteiger partial charge in [-0.1, -0.05) is 55.5 Å². The van der Waals surface area contributed by atoms with Crippen LogP contribution in [0.15, 0.2) is 42.5 Å². The van der Waals surface area contributed by atoms with E-state index in [2.05, 4.69) is 12.1 Å². The van der Waals surface area contributed by atoms with Gasteiger partial charge in [-0.05, 0) is 30.0 Å². The molecule has 1 N–H and O–H groups in total. The van der Waals surface area contributed by atoms with Crippen LogP contribution in [0.5, 0.6) is 5.75 Å². The molecule has 24 heavy (non-hydrogen) atoms. The van der Waals surface area contributed by atoms with Crippen LogP contribution < -0.4 is 4.74 Å². The van der Waals surface area contributed by atoms with Crippen LogP contribution in [0, 0.1) is 0 Å². The lowest BCUT2D eigenvalue weighted by atomic mass is 10.0. The summed E-state index contributed by atoms with van der Waals surface area (Å²) < 4.78 is 38.3. The minimum Gasteiger partial charge on any atom is -0.471 e. The Morgan fingerprint density at radius 3 is 2.62 bits per heavy atom. The van der Waals surface area contributed by atoms with E-state index in [-0.39, 0.29) is 6.42 Å². The fourth-order valence-corrected chi connectivity index (χ4v) is 3.78. The Bertz CT molecular complexity index is 898. The molecule has 0 aliphatic heterocycles. The maximum atomic E-state index is 11.6. The van der Waals surface area contributed by atoms with Gasteiger partial charge in [-0.25, -0.2) is 0 Å². The molecule has 0 bridgehead atoms. The molecule has 2 aromatic rings. The van der Waals surface area contributed by atoms with E-state index in [0.29, 0.717) is 12.2 Å². The van der Waals surface area contributed by atoms with Crippen molar-refractivity contribution >= 4 is 16.2 Å². The highest BCUT2D eigenvalue weighted by Gasteiger charge is 2.28. The van der Waals surface area contributed by atoms with Crippen LogP contribution in [0.25, 0.3) is 17.2 Å². The second-order valence-corrected chi connectivity index (χ2v) is 7.37. The number of hydrogen-bond acceptors (Lipinski definition) is 3. The lowest BCUT2D eigenvalue weighted by Gasteiger charge is -2.19. The third-order valence-corrected chi connectivity index (χ3v) is 5.32. The minimum atomic E-state index is -4.28. The van der Waals surface area contributed by atoms with Crippen molar-refractivity contribution in [3.63, 3.8) is 0 Å². The van der Waals surface area contributed by atoms with Crippen molar-refractivity contribution in [2.24, 2.45) is 0 Å². The van der Waals surface area contributed by atoms with Crippen LogP contribution in [-0.2, 0) is 16.5 Å². The van der Waals surface area contributed by atoms with Gasteiger partial charge in [0.1, 0.15) is 5.75 Å². The number of fused-ring (bicyclic) bond motifs is 3. The molecule has 0 saturated heterocycles. The Balaban J connectivity index is 2.14. The van der Waals surface area contributed by atoms with E-state index >= 15 is 0 Å². The molecule has 0 heterocycles. The largest absolute Gasteiger partial charge is 0.471 e. The topological polar surface area (TPSA) is 63.6 Å². The summed E-state index contributed by atoms with van der Waals surface area (Å²) in [5.74, 6) is 0.534. The molecule has 0 aromatic heterocycles. The minimum absolute atomic E-state index is 0.171. The molecule has 1 unspecified atom stereocenters. The van der Waals surface area contributed by atoms with Crippen molar-refractivity contribution in [3.05, 3.63) is 59.2 Å². The second-order valence-electron chi connectivity index (χ2n) is 5.81. The number of allylic oxidation sites excluding steroid dienone is 1. The lowest BCUT2D eigenvalue weighted by molar-refractivity contribution is 0.250. The Morgan fingerprint density at radius 2 is 1.96 bits per heavy atom. The predicted molar refractivity (Wildman–Crippen MR) is 95.6 cm³/mol. The van der Waals surface area contributed by atoms with E-state index in [4.69, 9.17) is 4.74 Å². The number of rotatable bonds is 5. The van der Waals surface area contributed by atoms with Crippen LogP contribution >= 0.6 is 0 Å². The third kappa shape index (κ3) is 2.97. The summed E-state index contributed by atoms with van der Waals surface area (Å²) in [5.41, 5.74) is 3.90. The van der Waals surface area contributed by atoms with Crippen molar-refractivity contribution in [2.75, 3.05) is 0 Å². The molecular weight excluding hydrogens is 324 g/mol. The summed E-state index contributed by atoms with van der Waals surface area (Å²) in [4.78, 5) is 0. The van der Waals surface area contributed by atoms with Gasteiger partial charge in [0.05, 0.1) is 0 Å². The molecule has 0 amide bonds. The molecular formula is C19H20O4S. The van der Waals surface area contributed by atoms with E-state index in [1.54, 1.807) is 6.92 Å². The first kappa shape index (κ1) is 16.7.